The van der Waals surface area contributed by atoms with Gasteiger partial charge >= 0.3 is 11.1 Å². The van der Waals surface area contributed by atoms with Crippen molar-refractivity contribution in [3.63, 3.8) is 0 Å². The highest BCUT2D eigenvalue weighted by Crippen LogP contribution is 2.00. The summed E-state index contributed by atoms with van der Waals surface area (Å²) in [5.74, 6) is 0.648. The van der Waals surface area contributed by atoms with Crippen LogP contribution in [0.15, 0.2) is 34.4 Å². The van der Waals surface area contributed by atoms with Gasteiger partial charge in [0.15, 0.2) is 0 Å². The second-order valence-corrected chi connectivity index (χ2v) is 3.79. The zero-order chi connectivity index (χ0) is 13.1. The largest absolute Gasteiger partial charge is 0.372 e. The number of rotatable bonds is 3. The Kier molecular flexibility index (Phi) is 3.22. The number of aromatic nitrogens is 4. The third kappa shape index (κ3) is 2.29. The molecule has 0 aliphatic carbocycles. The van der Waals surface area contributed by atoms with Gasteiger partial charge in [0.2, 0.25) is 0 Å². The third-order valence-corrected chi connectivity index (χ3v) is 2.53. The Bertz CT molecular complexity index is 656. The summed E-state index contributed by atoms with van der Waals surface area (Å²) in [5.41, 5.74) is -0.513. The van der Waals surface area contributed by atoms with Gasteiger partial charge < -0.3 is 14.5 Å². The molecule has 2 aromatic heterocycles. The van der Waals surface area contributed by atoms with Crippen LogP contribution in [0.2, 0.25) is 0 Å². The average molecular weight is 247 g/mol. The number of hydrogen-bond acceptors (Lipinski definition) is 5. The van der Waals surface area contributed by atoms with E-state index in [0.29, 0.717) is 11.5 Å². The predicted octanol–water partition coefficient (Wildman–Crippen LogP) is -0.573. The van der Waals surface area contributed by atoms with E-state index < -0.39 is 11.1 Å². The van der Waals surface area contributed by atoms with Crippen LogP contribution in [0.25, 0.3) is 0 Å². The Morgan fingerprint density at radius 3 is 2.56 bits per heavy atom. The molecule has 7 heteroatoms. The van der Waals surface area contributed by atoms with Crippen LogP contribution in [0.4, 0.5) is 5.82 Å². The van der Waals surface area contributed by atoms with Gasteiger partial charge in [-0.05, 0) is 0 Å². The maximum Gasteiger partial charge on any atom is 0.316 e. The summed E-state index contributed by atoms with van der Waals surface area (Å²) in [7, 11) is 3.28. The van der Waals surface area contributed by atoms with Gasteiger partial charge in [-0.25, -0.2) is 4.98 Å². The molecule has 0 saturated carbocycles. The highest BCUT2D eigenvalue weighted by molar-refractivity contribution is 5.29. The molecule has 1 N–H and O–H groups in total. The topological polar surface area (TPSA) is 81.8 Å². The second kappa shape index (κ2) is 4.82. The average Bonchev–Trinajstić information content (AvgIpc) is 2.40. The van der Waals surface area contributed by atoms with E-state index in [4.69, 9.17) is 0 Å². The normalized spacial score (nSPS) is 10.3. The van der Waals surface area contributed by atoms with Gasteiger partial charge in [0.25, 0.3) is 0 Å². The van der Waals surface area contributed by atoms with Crippen LogP contribution in [-0.4, -0.2) is 26.1 Å². The molecule has 0 atom stereocenters. The van der Waals surface area contributed by atoms with Crippen molar-refractivity contribution < 1.29 is 0 Å². The minimum atomic E-state index is -0.570. The Labute approximate surface area is 103 Å². The van der Waals surface area contributed by atoms with E-state index in [1.165, 1.54) is 16.2 Å². The Morgan fingerprint density at radius 2 is 1.94 bits per heavy atom. The summed E-state index contributed by atoms with van der Waals surface area (Å²) < 4.78 is 2.56. The van der Waals surface area contributed by atoms with Gasteiger partial charge in [0.05, 0.1) is 24.6 Å². The number of aryl methyl sites for hydroxylation is 1. The van der Waals surface area contributed by atoms with Crippen LogP contribution < -0.4 is 16.4 Å². The van der Waals surface area contributed by atoms with Crippen molar-refractivity contribution in [2.75, 3.05) is 12.4 Å². The number of hydrogen-bond donors (Lipinski definition) is 1. The molecule has 2 aromatic rings. The monoisotopic (exact) mass is 247 g/mol. The van der Waals surface area contributed by atoms with Crippen LogP contribution in [0, 0.1) is 0 Å². The maximum atomic E-state index is 11.7. The van der Waals surface area contributed by atoms with Gasteiger partial charge in [0, 0.05) is 26.5 Å². The van der Waals surface area contributed by atoms with Gasteiger partial charge in [-0.15, -0.1) is 0 Å². The molecule has 18 heavy (non-hydrogen) atoms. The molecular weight excluding hydrogens is 234 g/mol. The van der Waals surface area contributed by atoms with E-state index in [-0.39, 0.29) is 6.54 Å². The molecule has 0 saturated heterocycles. The smallest absolute Gasteiger partial charge is 0.316 e. The molecule has 0 aliphatic heterocycles. The first kappa shape index (κ1) is 12.0. The van der Waals surface area contributed by atoms with E-state index in [1.54, 1.807) is 31.8 Å². The maximum absolute atomic E-state index is 11.7. The minimum Gasteiger partial charge on any atom is -0.372 e. The Morgan fingerprint density at radius 1 is 1.17 bits per heavy atom. The predicted molar refractivity (Wildman–Crippen MR) is 66.6 cm³/mol. The first-order valence-electron chi connectivity index (χ1n) is 5.36. The molecule has 2 heterocycles. The van der Waals surface area contributed by atoms with Crippen LogP contribution in [0.1, 0.15) is 5.69 Å². The SMILES string of the molecule is CNc1cnc(Cn2ccn(C)c(=O)c2=O)cn1. The number of nitrogens with zero attached hydrogens (tertiary/aromatic N) is 4. The van der Waals surface area contributed by atoms with E-state index in [1.807, 2.05) is 0 Å². The molecule has 7 nitrogen and oxygen atoms in total. The van der Waals surface area contributed by atoms with Crippen LogP contribution in [0.3, 0.4) is 0 Å². The highest BCUT2D eigenvalue weighted by atomic mass is 16.2. The van der Waals surface area contributed by atoms with Crippen molar-refractivity contribution >= 4 is 5.82 Å². The highest BCUT2D eigenvalue weighted by Gasteiger charge is 2.04. The zero-order valence-corrected chi connectivity index (χ0v) is 10.1. The lowest BCUT2D eigenvalue weighted by Crippen LogP contribution is -2.39. The van der Waals surface area contributed by atoms with Gasteiger partial charge in [-0.2, -0.15) is 0 Å². The molecule has 0 aromatic carbocycles. The van der Waals surface area contributed by atoms with E-state index in [0.717, 1.165) is 0 Å². The van der Waals surface area contributed by atoms with E-state index in [9.17, 15) is 9.59 Å². The van der Waals surface area contributed by atoms with Gasteiger partial charge in [-0.1, -0.05) is 0 Å². The Hall–Kier alpha value is -2.44. The third-order valence-electron chi connectivity index (χ3n) is 2.53. The molecule has 2 rings (SSSR count). The molecule has 0 unspecified atom stereocenters. The quantitative estimate of drug-likeness (QED) is 0.734. The molecule has 0 radical (unpaired) electrons. The van der Waals surface area contributed by atoms with Gasteiger partial charge in [0.1, 0.15) is 5.82 Å². The van der Waals surface area contributed by atoms with Crippen molar-refractivity contribution in [3.8, 4) is 0 Å². The van der Waals surface area contributed by atoms with Crippen molar-refractivity contribution in [2.24, 2.45) is 7.05 Å². The molecule has 94 valence electrons. The number of nitrogens with one attached hydrogen (secondary N) is 1. The van der Waals surface area contributed by atoms with Crippen molar-refractivity contribution in [1.82, 2.24) is 19.1 Å². The second-order valence-electron chi connectivity index (χ2n) is 3.79. The van der Waals surface area contributed by atoms with E-state index in [2.05, 4.69) is 15.3 Å². The van der Waals surface area contributed by atoms with Gasteiger partial charge in [-0.3, -0.25) is 14.6 Å². The van der Waals surface area contributed by atoms with E-state index >= 15 is 0 Å². The summed E-state index contributed by atoms with van der Waals surface area (Å²) in [5, 5.41) is 2.85. The summed E-state index contributed by atoms with van der Waals surface area (Å²) in [6, 6.07) is 0. The molecule has 0 aliphatic rings. The zero-order valence-electron chi connectivity index (χ0n) is 10.1. The fourth-order valence-corrected chi connectivity index (χ4v) is 1.45. The van der Waals surface area contributed by atoms with Crippen molar-refractivity contribution in [3.05, 3.63) is 51.2 Å². The molecule has 0 amide bonds. The summed E-state index contributed by atoms with van der Waals surface area (Å²) >= 11 is 0. The lowest BCUT2D eigenvalue weighted by molar-refractivity contribution is 0.682. The lowest BCUT2D eigenvalue weighted by atomic mass is 10.4. The van der Waals surface area contributed by atoms with Crippen molar-refractivity contribution in [1.29, 1.82) is 0 Å². The Balaban J connectivity index is 2.31. The van der Waals surface area contributed by atoms with Crippen LogP contribution in [-0.2, 0) is 13.6 Å². The molecule has 0 spiro atoms. The van der Waals surface area contributed by atoms with Crippen LogP contribution >= 0.6 is 0 Å². The first-order chi connectivity index (χ1) is 8.61. The fourth-order valence-electron chi connectivity index (χ4n) is 1.45. The molecule has 0 bridgehead atoms. The fraction of sp³-hybridized carbons (Fsp3) is 0.273. The minimum absolute atomic E-state index is 0.228. The first-order valence-corrected chi connectivity index (χ1v) is 5.36. The molecule has 0 fully saturated rings. The standard InChI is InChI=1S/C11H13N5O2/c1-12-9-6-13-8(5-14-9)7-16-4-3-15(2)10(17)11(16)18/h3-6H,7H2,1-2H3,(H,12,14). The summed E-state index contributed by atoms with van der Waals surface area (Å²) in [6.07, 6.45) is 6.23. The van der Waals surface area contributed by atoms with Crippen LogP contribution in [0.5, 0.6) is 0 Å². The van der Waals surface area contributed by atoms with Crippen molar-refractivity contribution in [2.45, 2.75) is 6.54 Å². The number of anilines is 1. The summed E-state index contributed by atoms with van der Waals surface area (Å²) in [4.78, 5) is 31.4. The summed E-state index contributed by atoms with van der Waals surface area (Å²) in [6.45, 7) is 0.228. The molecular formula is C11H13N5O2. The lowest BCUT2D eigenvalue weighted by Gasteiger charge is -2.06.